The van der Waals surface area contributed by atoms with Crippen LogP contribution in [-0.2, 0) is 0 Å². The molecule has 0 atom stereocenters. The van der Waals surface area contributed by atoms with Gasteiger partial charge in [-0.3, -0.25) is 0 Å². The van der Waals surface area contributed by atoms with Crippen LogP contribution in [0.15, 0.2) is 6.07 Å². The summed E-state index contributed by atoms with van der Waals surface area (Å²) in [6.07, 6.45) is 2.08. The van der Waals surface area contributed by atoms with Gasteiger partial charge in [-0.1, -0.05) is 0 Å². The average molecular weight is 206 g/mol. The first-order valence-electron chi connectivity index (χ1n) is 5.48. The Kier molecular flexibility index (Phi) is 2.86. The maximum Gasteiger partial charge on any atom is 0.225 e. The van der Waals surface area contributed by atoms with E-state index in [2.05, 4.69) is 14.9 Å². The molecule has 1 aliphatic rings. The van der Waals surface area contributed by atoms with E-state index in [4.69, 9.17) is 5.73 Å². The molecule has 4 heteroatoms. The highest BCUT2D eigenvalue weighted by Gasteiger charge is 2.18. The molecular weight excluding hydrogens is 188 g/mol. The quantitative estimate of drug-likeness (QED) is 0.745. The van der Waals surface area contributed by atoms with E-state index in [9.17, 15) is 0 Å². The van der Waals surface area contributed by atoms with E-state index < -0.39 is 0 Å². The zero-order valence-electron chi connectivity index (χ0n) is 9.40. The summed E-state index contributed by atoms with van der Waals surface area (Å²) in [5.41, 5.74) is 7.94. The van der Waals surface area contributed by atoms with Crippen molar-refractivity contribution in [3.8, 4) is 0 Å². The zero-order valence-corrected chi connectivity index (χ0v) is 9.40. The first-order valence-corrected chi connectivity index (χ1v) is 5.48. The molecule has 0 radical (unpaired) electrons. The number of rotatable bonds is 1. The molecular formula is C11H18N4. The standard InChI is InChI=1S/C11H18N4/c1-8-7-9(2)14-11(13-8)15-5-3-10(12)4-6-15/h7,10H,3-6,12H2,1-2H3. The van der Waals surface area contributed by atoms with Gasteiger partial charge >= 0.3 is 0 Å². The summed E-state index contributed by atoms with van der Waals surface area (Å²) in [7, 11) is 0. The van der Waals surface area contributed by atoms with Crippen LogP contribution in [0.3, 0.4) is 0 Å². The number of anilines is 1. The van der Waals surface area contributed by atoms with Gasteiger partial charge in [0.2, 0.25) is 5.95 Å². The van der Waals surface area contributed by atoms with Crippen molar-refractivity contribution in [3.05, 3.63) is 17.5 Å². The fourth-order valence-electron chi connectivity index (χ4n) is 1.95. The predicted octanol–water partition coefficient (Wildman–Crippen LogP) is 1.02. The van der Waals surface area contributed by atoms with Crippen LogP contribution < -0.4 is 10.6 Å². The fourth-order valence-corrected chi connectivity index (χ4v) is 1.95. The minimum atomic E-state index is 0.354. The van der Waals surface area contributed by atoms with Crippen molar-refractivity contribution in [1.82, 2.24) is 9.97 Å². The Bertz CT molecular complexity index is 322. The van der Waals surface area contributed by atoms with Crippen molar-refractivity contribution in [2.45, 2.75) is 32.7 Å². The minimum Gasteiger partial charge on any atom is -0.341 e. The molecule has 1 aromatic rings. The second-order valence-electron chi connectivity index (χ2n) is 4.28. The molecule has 0 spiro atoms. The van der Waals surface area contributed by atoms with Crippen LogP contribution in [0, 0.1) is 13.8 Å². The van der Waals surface area contributed by atoms with E-state index in [1.165, 1.54) is 0 Å². The Labute approximate surface area is 90.5 Å². The largest absolute Gasteiger partial charge is 0.341 e. The molecule has 1 fully saturated rings. The van der Waals surface area contributed by atoms with Gasteiger partial charge in [0.05, 0.1) is 0 Å². The molecule has 0 bridgehead atoms. The summed E-state index contributed by atoms with van der Waals surface area (Å²) in [5.74, 6) is 0.861. The van der Waals surface area contributed by atoms with E-state index in [1.807, 2.05) is 19.9 Å². The van der Waals surface area contributed by atoms with E-state index in [0.717, 1.165) is 43.3 Å². The molecule has 2 heterocycles. The third kappa shape index (κ3) is 2.45. The van der Waals surface area contributed by atoms with Gasteiger partial charge in [0, 0.05) is 30.5 Å². The molecule has 1 saturated heterocycles. The average Bonchev–Trinajstić information content (AvgIpc) is 2.17. The third-order valence-corrected chi connectivity index (χ3v) is 2.79. The lowest BCUT2D eigenvalue weighted by Crippen LogP contribution is -2.40. The number of aromatic nitrogens is 2. The van der Waals surface area contributed by atoms with E-state index >= 15 is 0 Å². The third-order valence-electron chi connectivity index (χ3n) is 2.79. The highest BCUT2D eigenvalue weighted by atomic mass is 15.3. The van der Waals surface area contributed by atoms with Gasteiger partial charge in [-0.05, 0) is 32.8 Å². The lowest BCUT2D eigenvalue weighted by Gasteiger charge is -2.30. The predicted molar refractivity (Wildman–Crippen MR) is 60.9 cm³/mol. The monoisotopic (exact) mass is 206 g/mol. The summed E-state index contributed by atoms with van der Waals surface area (Å²) < 4.78 is 0. The second kappa shape index (κ2) is 4.14. The number of nitrogens with two attached hydrogens (primary N) is 1. The topological polar surface area (TPSA) is 55.0 Å². The fraction of sp³-hybridized carbons (Fsp3) is 0.636. The normalized spacial score (nSPS) is 18.2. The Morgan fingerprint density at radius 3 is 2.27 bits per heavy atom. The van der Waals surface area contributed by atoms with Crippen molar-refractivity contribution in [2.24, 2.45) is 5.73 Å². The van der Waals surface area contributed by atoms with Gasteiger partial charge in [0.15, 0.2) is 0 Å². The number of aryl methyl sites for hydroxylation is 2. The maximum absolute atomic E-state index is 5.87. The highest BCUT2D eigenvalue weighted by Crippen LogP contribution is 2.15. The Morgan fingerprint density at radius 2 is 1.73 bits per heavy atom. The van der Waals surface area contributed by atoms with Crippen LogP contribution in [0.25, 0.3) is 0 Å². The minimum absolute atomic E-state index is 0.354. The SMILES string of the molecule is Cc1cc(C)nc(N2CCC(N)CC2)n1. The van der Waals surface area contributed by atoms with Gasteiger partial charge in [0.1, 0.15) is 0 Å². The van der Waals surface area contributed by atoms with Gasteiger partial charge in [-0.25, -0.2) is 9.97 Å². The summed E-state index contributed by atoms with van der Waals surface area (Å²) >= 11 is 0. The van der Waals surface area contributed by atoms with Crippen LogP contribution in [0.5, 0.6) is 0 Å². The molecule has 2 N–H and O–H groups in total. The van der Waals surface area contributed by atoms with Crippen LogP contribution in [0.4, 0.5) is 5.95 Å². The molecule has 4 nitrogen and oxygen atoms in total. The maximum atomic E-state index is 5.87. The van der Waals surface area contributed by atoms with Gasteiger partial charge < -0.3 is 10.6 Å². The van der Waals surface area contributed by atoms with Gasteiger partial charge in [-0.2, -0.15) is 0 Å². The van der Waals surface area contributed by atoms with Crippen molar-refractivity contribution in [3.63, 3.8) is 0 Å². The number of hydrogen-bond acceptors (Lipinski definition) is 4. The molecule has 0 saturated carbocycles. The van der Waals surface area contributed by atoms with Crippen LogP contribution in [-0.4, -0.2) is 29.1 Å². The van der Waals surface area contributed by atoms with Crippen molar-refractivity contribution < 1.29 is 0 Å². The number of piperidine rings is 1. The molecule has 0 unspecified atom stereocenters. The van der Waals surface area contributed by atoms with Gasteiger partial charge in [0.25, 0.3) is 0 Å². The summed E-state index contributed by atoms with van der Waals surface area (Å²) in [4.78, 5) is 11.1. The summed E-state index contributed by atoms with van der Waals surface area (Å²) in [6.45, 7) is 5.97. The summed E-state index contributed by atoms with van der Waals surface area (Å²) in [5, 5.41) is 0. The first kappa shape index (κ1) is 10.4. The molecule has 2 rings (SSSR count). The van der Waals surface area contributed by atoms with Crippen molar-refractivity contribution in [2.75, 3.05) is 18.0 Å². The smallest absolute Gasteiger partial charge is 0.225 e. The number of hydrogen-bond donors (Lipinski definition) is 1. The lowest BCUT2D eigenvalue weighted by molar-refractivity contribution is 0.495. The van der Waals surface area contributed by atoms with E-state index in [1.54, 1.807) is 0 Å². The second-order valence-corrected chi connectivity index (χ2v) is 4.28. The number of nitrogens with zero attached hydrogens (tertiary/aromatic N) is 3. The highest BCUT2D eigenvalue weighted by molar-refractivity contribution is 5.32. The molecule has 15 heavy (non-hydrogen) atoms. The zero-order chi connectivity index (χ0) is 10.8. The first-order chi connectivity index (χ1) is 7.15. The summed E-state index contributed by atoms with van der Waals surface area (Å²) in [6, 6.07) is 2.35. The van der Waals surface area contributed by atoms with Crippen molar-refractivity contribution in [1.29, 1.82) is 0 Å². The van der Waals surface area contributed by atoms with E-state index in [0.29, 0.717) is 6.04 Å². The van der Waals surface area contributed by atoms with Gasteiger partial charge in [-0.15, -0.1) is 0 Å². The molecule has 0 aromatic carbocycles. The molecule has 1 aromatic heterocycles. The van der Waals surface area contributed by atoms with E-state index in [-0.39, 0.29) is 0 Å². The Balaban J connectivity index is 2.15. The van der Waals surface area contributed by atoms with Crippen LogP contribution >= 0.6 is 0 Å². The molecule has 0 amide bonds. The van der Waals surface area contributed by atoms with Crippen LogP contribution in [0.1, 0.15) is 24.2 Å². The molecule has 82 valence electrons. The lowest BCUT2D eigenvalue weighted by atomic mass is 10.1. The Morgan fingerprint density at radius 1 is 1.20 bits per heavy atom. The Hall–Kier alpha value is -1.16. The van der Waals surface area contributed by atoms with Crippen LogP contribution in [0.2, 0.25) is 0 Å². The molecule has 1 aliphatic heterocycles. The van der Waals surface area contributed by atoms with Crippen molar-refractivity contribution >= 4 is 5.95 Å². The molecule has 0 aliphatic carbocycles.